The van der Waals surface area contributed by atoms with Crippen molar-refractivity contribution >= 4 is 52.3 Å². The van der Waals surface area contributed by atoms with Crippen LogP contribution < -0.4 is 16.0 Å². The van der Waals surface area contributed by atoms with E-state index in [1.807, 2.05) is 30.3 Å². The van der Waals surface area contributed by atoms with Gasteiger partial charge in [-0.25, -0.2) is 14.8 Å². The van der Waals surface area contributed by atoms with E-state index in [1.54, 1.807) is 13.1 Å². The minimum absolute atomic E-state index is 0.197. The molecule has 0 unspecified atom stereocenters. The highest BCUT2D eigenvalue weighted by atomic mass is 35.5. The Morgan fingerprint density at radius 2 is 1.82 bits per heavy atom. The molecule has 0 spiro atoms. The van der Waals surface area contributed by atoms with Gasteiger partial charge in [-0.1, -0.05) is 23.7 Å². The highest BCUT2D eigenvalue weighted by Gasteiger charge is 2.38. The van der Waals surface area contributed by atoms with E-state index in [9.17, 15) is 18.0 Å². The lowest BCUT2D eigenvalue weighted by atomic mass is 10.0. The maximum absolute atomic E-state index is 12.7. The number of carboxylic acid groups (broad SMARTS) is 1. The number of aryl methyl sites for hydroxylation is 3. The van der Waals surface area contributed by atoms with Gasteiger partial charge in [-0.3, -0.25) is 4.79 Å². The van der Waals surface area contributed by atoms with E-state index in [0.29, 0.717) is 34.6 Å². The highest BCUT2D eigenvalue weighted by molar-refractivity contribution is 6.32. The van der Waals surface area contributed by atoms with Gasteiger partial charge in [-0.2, -0.15) is 18.2 Å². The predicted molar refractivity (Wildman–Crippen MR) is 137 cm³/mol. The number of oxazole rings is 1. The Bertz CT molecular complexity index is 1530. The van der Waals surface area contributed by atoms with Crippen LogP contribution in [-0.4, -0.2) is 38.1 Å². The van der Waals surface area contributed by atoms with Crippen molar-refractivity contribution in [3.8, 4) is 0 Å². The second-order valence-corrected chi connectivity index (χ2v) is 8.64. The smallest absolute Gasteiger partial charge is 0.475 e. The number of carbonyl (C=O) groups is 2. The molecule has 2 aromatic carbocycles. The van der Waals surface area contributed by atoms with Gasteiger partial charge in [0.15, 0.2) is 12.2 Å². The molecule has 0 saturated carbocycles. The quantitative estimate of drug-likeness (QED) is 0.236. The number of nitrogens with zero attached hydrogens (tertiary/aromatic N) is 3. The Balaban J connectivity index is 0.000000448. The van der Waals surface area contributed by atoms with Crippen LogP contribution in [-0.2, 0) is 17.6 Å². The Morgan fingerprint density at radius 1 is 1.08 bits per heavy atom. The number of anilines is 5. The minimum Gasteiger partial charge on any atom is -0.475 e. The number of fused-ring (bicyclic) bond motifs is 6. The van der Waals surface area contributed by atoms with Crippen LogP contribution in [0.5, 0.6) is 0 Å². The first-order chi connectivity index (χ1) is 18.5. The first-order valence-electron chi connectivity index (χ1n) is 11.3. The minimum atomic E-state index is -5.08. The molecule has 0 saturated heterocycles. The van der Waals surface area contributed by atoms with Crippen LogP contribution in [0.1, 0.15) is 27.4 Å². The Morgan fingerprint density at radius 3 is 2.51 bits per heavy atom. The molecule has 0 aliphatic carbocycles. The molecule has 1 aliphatic rings. The summed E-state index contributed by atoms with van der Waals surface area (Å²) in [7, 11) is 0. The van der Waals surface area contributed by atoms with Crippen molar-refractivity contribution in [1.82, 2.24) is 15.0 Å². The summed E-state index contributed by atoms with van der Waals surface area (Å²) in [5.74, 6) is -1.97. The molecular formula is C25H20ClF3N6O4. The third kappa shape index (κ3) is 7.02. The zero-order valence-electron chi connectivity index (χ0n) is 20.1. The largest absolute Gasteiger partial charge is 0.490 e. The Kier molecular flexibility index (Phi) is 8.00. The van der Waals surface area contributed by atoms with Crippen LogP contribution >= 0.6 is 11.6 Å². The summed E-state index contributed by atoms with van der Waals surface area (Å²) in [6.07, 6.45) is -0.776. The van der Waals surface area contributed by atoms with E-state index in [2.05, 4.69) is 43.0 Å². The van der Waals surface area contributed by atoms with E-state index in [1.165, 1.54) is 6.39 Å². The van der Waals surface area contributed by atoms with Crippen molar-refractivity contribution < 1.29 is 32.3 Å². The van der Waals surface area contributed by atoms with E-state index in [0.717, 1.165) is 28.9 Å². The van der Waals surface area contributed by atoms with Crippen molar-refractivity contribution in [3.63, 3.8) is 0 Å². The summed E-state index contributed by atoms with van der Waals surface area (Å²) in [6, 6.07) is 13.8. The van der Waals surface area contributed by atoms with Crippen molar-refractivity contribution in [3.05, 3.63) is 82.7 Å². The summed E-state index contributed by atoms with van der Waals surface area (Å²) < 4.78 is 37.0. The average Bonchev–Trinajstić information content (AvgIpc) is 3.31. The molecule has 10 nitrogen and oxygen atoms in total. The van der Waals surface area contributed by atoms with Gasteiger partial charge in [-0.15, -0.1) is 0 Å². The van der Waals surface area contributed by atoms with Crippen molar-refractivity contribution in [2.75, 3.05) is 16.0 Å². The second-order valence-electron chi connectivity index (χ2n) is 8.24. The Hall–Kier alpha value is -4.65. The van der Waals surface area contributed by atoms with Gasteiger partial charge in [0, 0.05) is 17.1 Å². The number of amides is 1. The molecule has 4 aromatic rings. The summed E-state index contributed by atoms with van der Waals surface area (Å²) in [5, 5.41) is 16.9. The first-order valence-corrected chi connectivity index (χ1v) is 11.7. The summed E-state index contributed by atoms with van der Waals surface area (Å²) >= 11 is 6.32. The molecule has 0 fully saturated rings. The molecule has 0 radical (unpaired) electrons. The van der Waals surface area contributed by atoms with Gasteiger partial charge < -0.3 is 25.5 Å². The number of benzene rings is 2. The molecular weight excluding hydrogens is 541 g/mol. The third-order valence-corrected chi connectivity index (χ3v) is 5.70. The number of aliphatic carboxylic acids is 1. The summed E-state index contributed by atoms with van der Waals surface area (Å²) in [5.41, 5.74) is 5.03. The van der Waals surface area contributed by atoms with Crippen LogP contribution in [0, 0.1) is 6.92 Å². The normalized spacial score (nSPS) is 12.2. The molecule has 14 heteroatoms. The number of halogens is 4. The topological polar surface area (TPSA) is 142 Å². The van der Waals surface area contributed by atoms with Gasteiger partial charge >= 0.3 is 12.1 Å². The first kappa shape index (κ1) is 27.4. The molecule has 5 rings (SSSR count). The Labute approximate surface area is 224 Å². The van der Waals surface area contributed by atoms with E-state index in [-0.39, 0.29) is 11.7 Å². The fourth-order valence-corrected chi connectivity index (χ4v) is 3.70. The van der Waals surface area contributed by atoms with Gasteiger partial charge in [0.1, 0.15) is 5.02 Å². The number of alkyl halides is 3. The van der Waals surface area contributed by atoms with Crippen LogP contribution in [0.2, 0.25) is 5.02 Å². The van der Waals surface area contributed by atoms with E-state index >= 15 is 0 Å². The number of carboxylic acids is 1. The maximum atomic E-state index is 12.7. The maximum Gasteiger partial charge on any atom is 0.490 e. The highest BCUT2D eigenvalue weighted by Crippen LogP contribution is 2.29. The van der Waals surface area contributed by atoms with Crippen LogP contribution in [0.15, 0.2) is 59.5 Å². The standard InChI is InChI=1S/C23H19ClN6O2.C2HF3O2/c1-13-20(32-12-26-13)22(31)29-19-8-7-17-10-15(19)6-5-14-3-2-4-16(9-14)28-23-25-11-18(24)21(27-17)30-23;3-2(4,5)1(6)7/h2-4,7-12H,5-6H2,1H3,(H,29,31)(H2,25,27,28,30);(H,6,7). The van der Waals surface area contributed by atoms with E-state index < -0.39 is 12.1 Å². The van der Waals surface area contributed by atoms with E-state index in [4.69, 9.17) is 25.9 Å². The van der Waals surface area contributed by atoms with Gasteiger partial charge in [-0.05, 0) is 61.2 Å². The number of aromatic nitrogens is 3. The molecule has 39 heavy (non-hydrogen) atoms. The fraction of sp³-hybridized carbons (Fsp3) is 0.160. The van der Waals surface area contributed by atoms with Crippen molar-refractivity contribution in [2.24, 2.45) is 0 Å². The van der Waals surface area contributed by atoms with Crippen molar-refractivity contribution in [2.45, 2.75) is 25.9 Å². The second kappa shape index (κ2) is 11.4. The average molecular weight is 561 g/mol. The summed E-state index contributed by atoms with van der Waals surface area (Å²) in [4.78, 5) is 34.3. The lowest BCUT2D eigenvalue weighted by Gasteiger charge is -2.14. The number of rotatable bonds is 2. The SMILES string of the molecule is Cc1ncoc1C(=O)Nc1ccc2cc1CCc1cccc(c1)Nc1ncc(Cl)c(n1)N2.O=C(O)C(F)(F)F. The molecule has 3 heterocycles. The van der Waals surface area contributed by atoms with Crippen LogP contribution in [0.3, 0.4) is 0 Å². The number of nitrogens with one attached hydrogen (secondary N) is 3. The monoisotopic (exact) mass is 560 g/mol. The lowest BCUT2D eigenvalue weighted by molar-refractivity contribution is -0.192. The summed E-state index contributed by atoms with van der Waals surface area (Å²) in [6.45, 7) is 1.73. The predicted octanol–water partition coefficient (Wildman–Crippen LogP) is 5.90. The van der Waals surface area contributed by atoms with Crippen LogP contribution in [0.25, 0.3) is 0 Å². The fourth-order valence-electron chi connectivity index (χ4n) is 3.56. The van der Waals surface area contributed by atoms with Gasteiger partial charge in [0.05, 0.1) is 11.9 Å². The molecule has 6 bridgehead atoms. The molecule has 1 amide bonds. The lowest BCUT2D eigenvalue weighted by Crippen LogP contribution is -2.21. The molecule has 0 atom stereocenters. The van der Waals surface area contributed by atoms with Gasteiger partial charge in [0.2, 0.25) is 11.7 Å². The molecule has 2 aromatic heterocycles. The molecule has 1 aliphatic heterocycles. The van der Waals surface area contributed by atoms with Crippen LogP contribution in [0.4, 0.5) is 42.0 Å². The number of hydrogen-bond acceptors (Lipinski definition) is 8. The number of carbonyl (C=O) groups excluding carboxylic acids is 1. The third-order valence-electron chi connectivity index (χ3n) is 5.42. The molecule has 202 valence electrons. The zero-order valence-corrected chi connectivity index (χ0v) is 20.9. The van der Waals surface area contributed by atoms with Gasteiger partial charge in [0.25, 0.3) is 5.91 Å². The number of hydrogen-bond donors (Lipinski definition) is 4. The zero-order chi connectivity index (χ0) is 28.2. The van der Waals surface area contributed by atoms with Crippen molar-refractivity contribution in [1.29, 1.82) is 0 Å². The molecule has 4 N–H and O–H groups in total.